The standard InChI is InChI=1S/C12H15IN2O2/c1-8-7-17-9(2)6-15(8)12(16)10-3-4-14-5-11(10)13/h3-5,8-9H,6-7H2,1-2H3/t8-,9+/m0/s1. The predicted octanol–water partition coefficient (Wildman–Crippen LogP) is 1.94. The molecule has 2 heterocycles. The number of rotatable bonds is 1. The summed E-state index contributed by atoms with van der Waals surface area (Å²) >= 11 is 2.14. The number of aromatic nitrogens is 1. The summed E-state index contributed by atoms with van der Waals surface area (Å²) in [6.07, 6.45) is 3.47. The van der Waals surface area contributed by atoms with Crippen molar-refractivity contribution in [3.05, 3.63) is 27.6 Å². The molecule has 2 rings (SSSR count). The molecule has 1 fully saturated rings. The molecule has 0 aliphatic carbocycles. The Bertz CT molecular complexity index is 425. The number of carbonyl (C=O) groups is 1. The SMILES string of the molecule is C[C@@H]1CN(C(=O)c2ccncc2I)[C@@H](C)CO1. The number of halogens is 1. The van der Waals surface area contributed by atoms with E-state index in [1.54, 1.807) is 18.5 Å². The third-order valence-electron chi connectivity index (χ3n) is 2.87. The zero-order chi connectivity index (χ0) is 12.4. The van der Waals surface area contributed by atoms with Crippen LogP contribution in [-0.2, 0) is 4.74 Å². The molecule has 0 aromatic carbocycles. The van der Waals surface area contributed by atoms with E-state index in [0.29, 0.717) is 13.2 Å². The molecule has 1 aromatic rings. The molecule has 1 aliphatic heterocycles. The van der Waals surface area contributed by atoms with Crippen LogP contribution in [0.2, 0.25) is 0 Å². The number of morpholine rings is 1. The molecular formula is C12H15IN2O2. The topological polar surface area (TPSA) is 42.4 Å². The predicted molar refractivity (Wildman–Crippen MR) is 72.9 cm³/mol. The third-order valence-corrected chi connectivity index (χ3v) is 3.73. The first kappa shape index (κ1) is 12.8. The van der Waals surface area contributed by atoms with E-state index in [9.17, 15) is 4.79 Å². The lowest BCUT2D eigenvalue weighted by Crippen LogP contribution is -2.50. The Hall–Kier alpha value is -0.690. The number of hydrogen-bond acceptors (Lipinski definition) is 3. The van der Waals surface area contributed by atoms with Crippen molar-refractivity contribution in [2.75, 3.05) is 13.2 Å². The summed E-state index contributed by atoms with van der Waals surface area (Å²) in [6.45, 7) is 5.26. The maximum atomic E-state index is 12.4. The van der Waals surface area contributed by atoms with Gasteiger partial charge in [-0.3, -0.25) is 9.78 Å². The normalized spacial score (nSPS) is 24.8. The summed E-state index contributed by atoms with van der Waals surface area (Å²) in [7, 11) is 0. The van der Waals surface area contributed by atoms with Crippen LogP contribution in [0.3, 0.4) is 0 Å². The molecule has 0 N–H and O–H groups in total. The van der Waals surface area contributed by atoms with Crippen LogP contribution in [-0.4, -0.2) is 41.1 Å². The maximum absolute atomic E-state index is 12.4. The summed E-state index contributed by atoms with van der Waals surface area (Å²) in [6, 6.07) is 1.90. The van der Waals surface area contributed by atoms with Crippen molar-refractivity contribution in [2.45, 2.75) is 26.0 Å². The molecule has 92 valence electrons. The van der Waals surface area contributed by atoms with E-state index < -0.39 is 0 Å². The van der Waals surface area contributed by atoms with E-state index in [1.165, 1.54) is 0 Å². The lowest BCUT2D eigenvalue weighted by Gasteiger charge is -2.37. The average molecular weight is 346 g/mol. The smallest absolute Gasteiger partial charge is 0.255 e. The van der Waals surface area contributed by atoms with Gasteiger partial charge in [-0.15, -0.1) is 0 Å². The molecule has 1 aliphatic rings. The molecule has 0 spiro atoms. The second-order valence-electron chi connectivity index (χ2n) is 4.31. The van der Waals surface area contributed by atoms with E-state index in [0.717, 1.165) is 9.13 Å². The minimum atomic E-state index is 0.0689. The van der Waals surface area contributed by atoms with Gasteiger partial charge < -0.3 is 9.64 Å². The Labute approximate surface area is 114 Å². The van der Waals surface area contributed by atoms with E-state index in [4.69, 9.17) is 4.74 Å². The number of ether oxygens (including phenoxy) is 1. The van der Waals surface area contributed by atoms with Gasteiger partial charge in [0.15, 0.2) is 0 Å². The molecule has 1 amide bonds. The van der Waals surface area contributed by atoms with Gasteiger partial charge >= 0.3 is 0 Å². The van der Waals surface area contributed by atoms with E-state index in [1.807, 2.05) is 18.7 Å². The minimum Gasteiger partial charge on any atom is -0.375 e. The quantitative estimate of drug-likeness (QED) is 0.730. The van der Waals surface area contributed by atoms with Crippen molar-refractivity contribution >= 4 is 28.5 Å². The lowest BCUT2D eigenvalue weighted by molar-refractivity contribution is -0.0387. The van der Waals surface area contributed by atoms with Crippen LogP contribution < -0.4 is 0 Å². The van der Waals surface area contributed by atoms with Gasteiger partial charge in [-0.2, -0.15) is 0 Å². The van der Waals surface area contributed by atoms with Crippen molar-refractivity contribution in [1.82, 2.24) is 9.88 Å². The summed E-state index contributed by atoms with van der Waals surface area (Å²) < 4.78 is 6.42. The highest BCUT2D eigenvalue weighted by Gasteiger charge is 2.28. The fourth-order valence-corrected chi connectivity index (χ4v) is 2.46. The first-order chi connectivity index (χ1) is 8.09. The molecule has 0 radical (unpaired) electrons. The summed E-state index contributed by atoms with van der Waals surface area (Å²) in [5.41, 5.74) is 0.724. The second-order valence-corrected chi connectivity index (χ2v) is 5.47. The number of hydrogen-bond donors (Lipinski definition) is 0. The fraction of sp³-hybridized carbons (Fsp3) is 0.500. The highest BCUT2D eigenvalue weighted by Crippen LogP contribution is 2.18. The van der Waals surface area contributed by atoms with Crippen molar-refractivity contribution in [1.29, 1.82) is 0 Å². The van der Waals surface area contributed by atoms with Crippen LogP contribution in [0.25, 0.3) is 0 Å². The van der Waals surface area contributed by atoms with Crippen molar-refractivity contribution in [3.8, 4) is 0 Å². The highest BCUT2D eigenvalue weighted by molar-refractivity contribution is 14.1. The molecule has 1 saturated heterocycles. The largest absolute Gasteiger partial charge is 0.375 e. The van der Waals surface area contributed by atoms with Crippen LogP contribution in [0, 0.1) is 3.57 Å². The average Bonchev–Trinajstić information content (AvgIpc) is 2.32. The maximum Gasteiger partial charge on any atom is 0.255 e. The van der Waals surface area contributed by atoms with Crippen LogP contribution in [0.1, 0.15) is 24.2 Å². The number of carbonyl (C=O) groups excluding carboxylic acids is 1. The van der Waals surface area contributed by atoms with Gasteiger partial charge in [0.25, 0.3) is 5.91 Å². The minimum absolute atomic E-state index is 0.0689. The summed E-state index contributed by atoms with van der Waals surface area (Å²) in [5, 5.41) is 0. The monoisotopic (exact) mass is 346 g/mol. The zero-order valence-electron chi connectivity index (χ0n) is 9.89. The number of amides is 1. The molecular weight excluding hydrogens is 331 g/mol. The molecule has 0 unspecified atom stereocenters. The Balaban J connectivity index is 2.22. The molecule has 0 saturated carbocycles. The van der Waals surface area contributed by atoms with E-state index in [2.05, 4.69) is 27.6 Å². The van der Waals surface area contributed by atoms with Crippen molar-refractivity contribution in [2.24, 2.45) is 0 Å². The highest BCUT2D eigenvalue weighted by atomic mass is 127. The van der Waals surface area contributed by atoms with Gasteiger partial charge in [-0.1, -0.05) is 0 Å². The van der Waals surface area contributed by atoms with E-state index >= 15 is 0 Å². The molecule has 5 heteroatoms. The second kappa shape index (κ2) is 5.30. The Morgan fingerprint density at radius 1 is 1.59 bits per heavy atom. The molecule has 1 aromatic heterocycles. The number of pyridine rings is 1. The Kier molecular flexibility index (Phi) is 3.98. The lowest BCUT2D eigenvalue weighted by atomic mass is 10.1. The first-order valence-corrected chi connectivity index (χ1v) is 6.69. The molecule has 2 atom stereocenters. The summed E-state index contributed by atoms with van der Waals surface area (Å²) in [5.74, 6) is 0.0689. The van der Waals surface area contributed by atoms with Gasteiger partial charge in [0, 0.05) is 22.5 Å². The Morgan fingerprint density at radius 2 is 2.35 bits per heavy atom. The van der Waals surface area contributed by atoms with Crippen LogP contribution >= 0.6 is 22.6 Å². The fourth-order valence-electron chi connectivity index (χ4n) is 1.89. The van der Waals surface area contributed by atoms with Crippen molar-refractivity contribution < 1.29 is 9.53 Å². The molecule has 4 nitrogen and oxygen atoms in total. The van der Waals surface area contributed by atoms with Crippen LogP contribution in [0.5, 0.6) is 0 Å². The zero-order valence-corrected chi connectivity index (χ0v) is 12.0. The van der Waals surface area contributed by atoms with Gasteiger partial charge in [0.05, 0.1) is 24.3 Å². The summed E-state index contributed by atoms with van der Waals surface area (Å²) in [4.78, 5) is 18.3. The van der Waals surface area contributed by atoms with Crippen molar-refractivity contribution in [3.63, 3.8) is 0 Å². The van der Waals surface area contributed by atoms with Gasteiger partial charge in [-0.05, 0) is 42.5 Å². The first-order valence-electron chi connectivity index (χ1n) is 5.61. The van der Waals surface area contributed by atoms with Crippen LogP contribution in [0.15, 0.2) is 18.5 Å². The van der Waals surface area contributed by atoms with Crippen LogP contribution in [0.4, 0.5) is 0 Å². The van der Waals surface area contributed by atoms with Gasteiger partial charge in [0.1, 0.15) is 0 Å². The number of nitrogens with zero attached hydrogens (tertiary/aromatic N) is 2. The Morgan fingerprint density at radius 3 is 3.06 bits per heavy atom. The molecule has 0 bridgehead atoms. The van der Waals surface area contributed by atoms with Gasteiger partial charge in [0.2, 0.25) is 0 Å². The molecule has 17 heavy (non-hydrogen) atoms. The van der Waals surface area contributed by atoms with E-state index in [-0.39, 0.29) is 18.1 Å². The van der Waals surface area contributed by atoms with Gasteiger partial charge in [-0.25, -0.2) is 0 Å². The third kappa shape index (κ3) is 2.77.